The number of hydrogen-bond donors (Lipinski definition) is 0. The summed E-state index contributed by atoms with van der Waals surface area (Å²) in [6.45, 7) is 4.53. The SMILES string of the molecule is Cc1c(F)c(F)c(Cl)c(C(C)C)c1F. The summed E-state index contributed by atoms with van der Waals surface area (Å²) in [6, 6.07) is 0. The van der Waals surface area contributed by atoms with E-state index < -0.39 is 22.5 Å². The highest BCUT2D eigenvalue weighted by molar-refractivity contribution is 6.31. The maximum Gasteiger partial charge on any atom is 0.178 e. The summed E-state index contributed by atoms with van der Waals surface area (Å²) in [5, 5.41) is -0.458. The first-order chi connectivity index (χ1) is 6.37. The lowest BCUT2D eigenvalue weighted by Gasteiger charge is -2.13. The van der Waals surface area contributed by atoms with Crippen LogP contribution in [0.3, 0.4) is 0 Å². The van der Waals surface area contributed by atoms with Crippen LogP contribution in [0.2, 0.25) is 5.02 Å². The molecule has 14 heavy (non-hydrogen) atoms. The van der Waals surface area contributed by atoms with E-state index in [2.05, 4.69) is 0 Å². The first-order valence-electron chi connectivity index (χ1n) is 4.20. The van der Waals surface area contributed by atoms with Gasteiger partial charge in [0.15, 0.2) is 11.6 Å². The topological polar surface area (TPSA) is 0 Å². The number of hydrogen-bond acceptors (Lipinski definition) is 0. The predicted molar refractivity (Wildman–Crippen MR) is 50.2 cm³/mol. The van der Waals surface area contributed by atoms with Crippen LogP contribution < -0.4 is 0 Å². The minimum atomic E-state index is -1.21. The second-order valence-corrected chi connectivity index (χ2v) is 3.83. The van der Waals surface area contributed by atoms with E-state index in [0.29, 0.717) is 0 Å². The van der Waals surface area contributed by atoms with Crippen LogP contribution in [0.25, 0.3) is 0 Å². The Bertz CT molecular complexity index is 343. The van der Waals surface area contributed by atoms with Crippen molar-refractivity contribution in [3.8, 4) is 0 Å². The van der Waals surface area contributed by atoms with Gasteiger partial charge < -0.3 is 0 Å². The molecule has 0 unspecified atom stereocenters. The first kappa shape index (κ1) is 11.4. The molecule has 78 valence electrons. The summed E-state index contributed by atoms with van der Waals surface area (Å²) < 4.78 is 39.6. The van der Waals surface area contributed by atoms with Gasteiger partial charge in [0.1, 0.15) is 5.82 Å². The lowest BCUT2D eigenvalue weighted by molar-refractivity contribution is 0.478. The summed E-state index contributed by atoms with van der Waals surface area (Å²) in [7, 11) is 0. The molecule has 0 aliphatic carbocycles. The van der Waals surface area contributed by atoms with Gasteiger partial charge in [-0.3, -0.25) is 0 Å². The Morgan fingerprint density at radius 3 is 1.93 bits per heavy atom. The molecule has 0 aliphatic heterocycles. The van der Waals surface area contributed by atoms with E-state index in [0.717, 1.165) is 0 Å². The van der Waals surface area contributed by atoms with Gasteiger partial charge in [0.2, 0.25) is 0 Å². The highest BCUT2D eigenvalue weighted by Gasteiger charge is 2.22. The van der Waals surface area contributed by atoms with Gasteiger partial charge >= 0.3 is 0 Å². The van der Waals surface area contributed by atoms with Crippen molar-refractivity contribution in [2.75, 3.05) is 0 Å². The van der Waals surface area contributed by atoms with E-state index in [1.165, 1.54) is 6.92 Å². The smallest absolute Gasteiger partial charge is 0.178 e. The molecular formula is C10H10ClF3. The Morgan fingerprint density at radius 1 is 1.00 bits per heavy atom. The Hall–Kier alpha value is -0.700. The molecule has 0 fully saturated rings. The normalized spacial score (nSPS) is 11.1. The molecule has 0 atom stereocenters. The third-order valence-corrected chi connectivity index (χ3v) is 2.46. The van der Waals surface area contributed by atoms with Crippen molar-refractivity contribution in [2.24, 2.45) is 0 Å². The Kier molecular flexibility index (Phi) is 3.10. The molecule has 0 bridgehead atoms. The van der Waals surface area contributed by atoms with Crippen LogP contribution in [0.15, 0.2) is 0 Å². The van der Waals surface area contributed by atoms with Gasteiger partial charge in [-0.05, 0) is 12.8 Å². The minimum absolute atomic E-state index is 0.0306. The highest BCUT2D eigenvalue weighted by atomic mass is 35.5. The maximum absolute atomic E-state index is 13.5. The fourth-order valence-electron chi connectivity index (χ4n) is 1.28. The molecular weight excluding hydrogens is 213 g/mol. The first-order valence-corrected chi connectivity index (χ1v) is 4.58. The summed E-state index contributed by atoms with van der Waals surface area (Å²) in [6.07, 6.45) is 0. The van der Waals surface area contributed by atoms with Crippen molar-refractivity contribution < 1.29 is 13.2 Å². The van der Waals surface area contributed by atoms with E-state index in [1.807, 2.05) is 0 Å². The molecule has 0 saturated heterocycles. The zero-order chi connectivity index (χ0) is 11.0. The quantitative estimate of drug-likeness (QED) is 0.494. The number of rotatable bonds is 1. The van der Waals surface area contributed by atoms with Gasteiger partial charge in [0.05, 0.1) is 5.02 Å². The van der Waals surface area contributed by atoms with Gasteiger partial charge in [-0.15, -0.1) is 0 Å². The standard InChI is InChI=1S/C10H10ClF3/c1-4(2)6-7(11)10(14)9(13)5(3)8(6)12/h4H,1-3H3. The van der Waals surface area contributed by atoms with Crippen LogP contribution in [-0.4, -0.2) is 0 Å². The molecule has 0 heterocycles. The van der Waals surface area contributed by atoms with Crippen LogP contribution in [0.5, 0.6) is 0 Å². The Balaban J connectivity index is 3.60. The van der Waals surface area contributed by atoms with E-state index in [1.54, 1.807) is 13.8 Å². The van der Waals surface area contributed by atoms with Crippen LogP contribution in [0.4, 0.5) is 13.2 Å². The summed E-state index contributed by atoms with van der Waals surface area (Å²) in [5.74, 6) is -3.42. The second kappa shape index (κ2) is 3.81. The molecule has 0 spiro atoms. The maximum atomic E-state index is 13.5. The molecule has 1 aromatic rings. The number of halogens is 4. The van der Waals surface area contributed by atoms with Gasteiger partial charge in [-0.2, -0.15) is 0 Å². The Morgan fingerprint density at radius 2 is 1.50 bits per heavy atom. The van der Waals surface area contributed by atoms with E-state index >= 15 is 0 Å². The van der Waals surface area contributed by atoms with E-state index in [9.17, 15) is 13.2 Å². The van der Waals surface area contributed by atoms with Crippen molar-refractivity contribution in [3.05, 3.63) is 33.6 Å². The number of benzene rings is 1. The average molecular weight is 223 g/mol. The molecule has 0 saturated carbocycles. The van der Waals surface area contributed by atoms with E-state index in [4.69, 9.17) is 11.6 Å². The molecule has 1 rings (SSSR count). The fraction of sp³-hybridized carbons (Fsp3) is 0.400. The van der Waals surface area contributed by atoms with Gasteiger partial charge in [0, 0.05) is 11.1 Å². The van der Waals surface area contributed by atoms with Crippen LogP contribution >= 0.6 is 11.6 Å². The van der Waals surface area contributed by atoms with Crippen LogP contribution in [-0.2, 0) is 0 Å². The molecule has 0 aromatic heterocycles. The highest BCUT2D eigenvalue weighted by Crippen LogP contribution is 2.33. The lowest BCUT2D eigenvalue weighted by atomic mass is 9.99. The fourth-order valence-corrected chi connectivity index (χ4v) is 1.66. The molecule has 0 amide bonds. The zero-order valence-corrected chi connectivity index (χ0v) is 8.85. The van der Waals surface area contributed by atoms with Gasteiger partial charge in [-0.25, -0.2) is 13.2 Å². The zero-order valence-electron chi connectivity index (χ0n) is 8.09. The summed E-state index contributed by atoms with van der Waals surface area (Å²) in [5.41, 5.74) is -0.293. The third-order valence-electron chi connectivity index (χ3n) is 2.09. The van der Waals surface area contributed by atoms with Gasteiger partial charge in [0.25, 0.3) is 0 Å². The van der Waals surface area contributed by atoms with Crippen molar-refractivity contribution in [2.45, 2.75) is 26.7 Å². The molecule has 0 radical (unpaired) electrons. The monoisotopic (exact) mass is 222 g/mol. The van der Waals surface area contributed by atoms with E-state index in [-0.39, 0.29) is 17.0 Å². The van der Waals surface area contributed by atoms with Crippen molar-refractivity contribution in [3.63, 3.8) is 0 Å². The van der Waals surface area contributed by atoms with Crippen LogP contribution in [0.1, 0.15) is 30.9 Å². The van der Waals surface area contributed by atoms with Crippen LogP contribution in [0, 0.1) is 24.4 Å². The average Bonchev–Trinajstić information content (AvgIpc) is 2.11. The summed E-state index contributed by atoms with van der Waals surface area (Å²) >= 11 is 5.52. The molecule has 0 N–H and O–H groups in total. The van der Waals surface area contributed by atoms with Crippen molar-refractivity contribution >= 4 is 11.6 Å². The third kappa shape index (κ3) is 1.61. The van der Waals surface area contributed by atoms with Crippen molar-refractivity contribution in [1.29, 1.82) is 0 Å². The Labute approximate surface area is 85.7 Å². The predicted octanol–water partition coefficient (Wildman–Crippen LogP) is 4.19. The summed E-state index contributed by atoms with van der Waals surface area (Å²) in [4.78, 5) is 0. The lowest BCUT2D eigenvalue weighted by Crippen LogP contribution is -2.04. The molecule has 0 nitrogen and oxygen atoms in total. The molecule has 0 aliphatic rings. The largest absolute Gasteiger partial charge is 0.206 e. The molecule has 4 heteroatoms. The van der Waals surface area contributed by atoms with Crippen molar-refractivity contribution in [1.82, 2.24) is 0 Å². The minimum Gasteiger partial charge on any atom is -0.206 e. The van der Waals surface area contributed by atoms with Gasteiger partial charge in [-0.1, -0.05) is 25.4 Å². The second-order valence-electron chi connectivity index (χ2n) is 3.45. The molecule has 1 aromatic carbocycles.